The zero-order valence-electron chi connectivity index (χ0n) is 13.8. The second-order valence-corrected chi connectivity index (χ2v) is 6.84. The maximum Gasteiger partial charge on any atom is 0.128 e. The van der Waals surface area contributed by atoms with Crippen LogP contribution in [-0.4, -0.2) is 9.97 Å². The van der Waals surface area contributed by atoms with Crippen LogP contribution < -0.4 is 0 Å². The lowest BCUT2D eigenvalue weighted by Crippen LogP contribution is -2.14. The molecule has 0 atom stereocenters. The summed E-state index contributed by atoms with van der Waals surface area (Å²) in [5.41, 5.74) is 4.03. The van der Waals surface area contributed by atoms with Crippen molar-refractivity contribution in [2.24, 2.45) is 5.92 Å². The standard InChI is InChI=1S/C20H26N2/c1-15-3-8-18(9-4-15)19-10-5-17(6-11-19)7-12-20-21-13-16(2)14-22-20/h3-4,8-9,13-14,17,19H,5-7,10-12H2,1-2H3. The lowest BCUT2D eigenvalue weighted by Gasteiger charge is -2.28. The predicted molar refractivity (Wildman–Crippen MR) is 91.0 cm³/mol. The van der Waals surface area contributed by atoms with Crippen molar-refractivity contribution < 1.29 is 0 Å². The molecule has 22 heavy (non-hydrogen) atoms. The van der Waals surface area contributed by atoms with E-state index in [1.807, 2.05) is 19.3 Å². The van der Waals surface area contributed by atoms with Crippen molar-refractivity contribution >= 4 is 0 Å². The molecule has 2 aromatic rings. The van der Waals surface area contributed by atoms with Crippen molar-refractivity contribution in [1.82, 2.24) is 9.97 Å². The number of nitrogens with zero attached hydrogens (tertiary/aromatic N) is 2. The molecule has 0 amide bonds. The van der Waals surface area contributed by atoms with Crippen molar-refractivity contribution in [2.75, 3.05) is 0 Å². The summed E-state index contributed by atoms with van der Waals surface area (Å²) < 4.78 is 0. The fourth-order valence-corrected chi connectivity index (χ4v) is 3.50. The van der Waals surface area contributed by atoms with Gasteiger partial charge in [0.1, 0.15) is 5.82 Å². The van der Waals surface area contributed by atoms with Crippen LogP contribution in [0.25, 0.3) is 0 Å². The molecule has 116 valence electrons. The van der Waals surface area contributed by atoms with Gasteiger partial charge in [0.25, 0.3) is 0 Å². The third-order valence-electron chi connectivity index (χ3n) is 5.01. The van der Waals surface area contributed by atoms with Gasteiger partial charge in [-0.25, -0.2) is 9.97 Å². The minimum absolute atomic E-state index is 0.771. The van der Waals surface area contributed by atoms with Gasteiger partial charge in [-0.05, 0) is 68.9 Å². The molecule has 0 radical (unpaired) electrons. The maximum absolute atomic E-state index is 4.42. The first kappa shape index (κ1) is 15.2. The van der Waals surface area contributed by atoms with Gasteiger partial charge >= 0.3 is 0 Å². The molecule has 1 saturated carbocycles. The van der Waals surface area contributed by atoms with E-state index < -0.39 is 0 Å². The Balaban J connectivity index is 1.47. The Morgan fingerprint density at radius 1 is 0.864 bits per heavy atom. The summed E-state index contributed by atoms with van der Waals surface area (Å²) in [5.74, 6) is 2.63. The molecule has 0 unspecified atom stereocenters. The molecule has 1 aliphatic carbocycles. The number of hydrogen-bond donors (Lipinski definition) is 0. The lowest BCUT2D eigenvalue weighted by molar-refractivity contribution is 0.309. The molecular formula is C20H26N2. The Morgan fingerprint density at radius 3 is 2.14 bits per heavy atom. The molecule has 1 aromatic carbocycles. The van der Waals surface area contributed by atoms with Crippen LogP contribution in [0.4, 0.5) is 0 Å². The normalized spacial score (nSPS) is 21.7. The van der Waals surface area contributed by atoms with Crippen molar-refractivity contribution in [3.05, 3.63) is 59.2 Å². The molecule has 1 fully saturated rings. The Bertz CT molecular complexity index is 578. The first-order valence-electron chi connectivity index (χ1n) is 8.55. The molecule has 1 aliphatic rings. The second kappa shape index (κ2) is 7.04. The summed E-state index contributed by atoms with van der Waals surface area (Å²) in [5, 5.41) is 0. The van der Waals surface area contributed by atoms with Crippen LogP contribution in [0.2, 0.25) is 0 Å². The third-order valence-corrected chi connectivity index (χ3v) is 5.01. The fourth-order valence-electron chi connectivity index (χ4n) is 3.50. The first-order valence-corrected chi connectivity index (χ1v) is 8.55. The average molecular weight is 294 g/mol. The Hall–Kier alpha value is -1.70. The summed E-state index contributed by atoms with van der Waals surface area (Å²) in [7, 11) is 0. The number of benzene rings is 1. The van der Waals surface area contributed by atoms with E-state index in [4.69, 9.17) is 0 Å². The van der Waals surface area contributed by atoms with Crippen molar-refractivity contribution in [1.29, 1.82) is 0 Å². The quantitative estimate of drug-likeness (QED) is 0.793. The van der Waals surface area contributed by atoms with Crippen LogP contribution >= 0.6 is 0 Å². The molecule has 1 aromatic heterocycles. The van der Waals surface area contributed by atoms with Gasteiger partial charge in [0.15, 0.2) is 0 Å². The number of rotatable bonds is 4. The molecular weight excluding hydrogens is 268 g/mol. The van der Waals surface area contributed by atoms with Crippen LogP contribution in [0.3, 0.4) is 0 Å². The second-order valence-electron chi connectivity index (χ2n) is 6.84. The smallest absolute Gasteiger partial charge is 0.128 e. The highest BCUT2D eigenvalue weighted by molar-refractivity contribution is 5.24. The molecule has 0 bridgehead atoms. The highest BCUT2D eigenvalue weighted by Crippen LogP contribution is 2.37. The van der Waals surface area contributed by atoms with Gasteiger partial charge in [-0.2, -0.15) is 0 Å². The lowest BCUT2D eigenvalue weighted by atomic mass is 9.77. The van der Waals surface area contributed by atoms with E-state index in [1.165, 1.54) is 43.2 Å². The first-order chi connectivity index (χ1) is 10.7. The molecule has 0 saturated heterocycles. The van der Waals surface area contributed by atoms with Crippen LogP contribution in [0, 0.1) is 19.8 Å². The fraction of sp³-hybridized carbons (Fsp3) is 0.500. The average Bonchev–Trinajstić information content (AvgIpc) is 2.56. The topological polar surface area (TPSA) is 25.8 Å². The third kappa shape index (κ3) is 3.94. The summed E-state index contributed by atoms with van der Waals surface area (Å²) in [4.78, 5) is 8.84. The Labute approximate surface area is 134 Å². The minimum Gasteiger partial charge on any atom is -0.241 e. The summed E-state index contributed by atoms with van der Waals surface area (Å²) in [6, 6.07) is 9.13. The Morgan fingerprint density at radius 2 is 1.50 bits per heavy atom. The number of hydrogen-bond acceptors (Lipinski definition) is 2. The molecule has 3 rings (SSSR count). The van der Waals surface area contributed by atoms with Crippen LogP contribution in [0.15, 0.2) is 36.7 Å². The minimum atomic E-state index is 0.771. The molecule has 2 nitrogen and oxygen atoms in total. The van der Waals surface area contributed by atoms with E-state index in [0.29, 0.717) is 0 Å². The van der Waals surface area contributed by atoms with Gasteiger partial charge in [-0.3, -0.25) is 0 Å². The molecule has 0 aliphatic heterocycles. The summed E-state index contributed by atoms with van der Waals surface area (Å²) in [6.45, 7) is 4.20. The van der Waals surface area contributed by atoms with Gasteiger partial charge in [-0.1, -0.05) is 29.8 Å². The largest absolute Gasteiger partial charge is 0.241 e. The van der Waals surface area contributed by atoms with Crippen molar-refractivity contribution in [3.63, 3.8) is 0 Å². The van der Waals surface area contributed by atoms with Gasteiger partial charge in [0.2, 0.25) is 0 Å². The van der Waals surface area contributed by atoms with Crippen molar-refractivity contribution in [2.45, 2.75) is 58.3 Å². The van der Waals surface area contributed by atoms with Crippen LogP contribution in [0.1, 0.15) is 60.5 Å². The van der Waals surface area contributed by atoms with Gasteiger partial charge in [-0.15, -0.1) is 0 Å². The molecule has 2 heteroatoms. The molecule has 0 N–H and O–H groups in total. The van der Waals surface area contributed by atoms with Gasteiger partial charge in [0, 0.05) is 18.8 Å². The van der Waals surface area contributed by atoms with E-state index in [9.17, 15) is 0 Å². The van der Waals surface area contributed by atoms with E-state index in [1.54, 1.807) is 0 Å². The Kier molecular flexibility index (Phi) is 4.87. The molecule has 0 spiro atoms. The summed E-state index contributed by atoms with van der Waals surface area (Å²) >= 11 is 0. The monoisotopic (exact) mass is 294 g/mol. The highest BCUT2D eigenvalue weighted by atomic mass is 14.9. The zero-order chi connectivity index (χ0) is 15.4. The maximum atomic E-state index is 4.42. The van der Waals surface area contributed by atoms with E-state index in [0.717, 1.165) is 29.6 Å². The predicted octanol–water partition coefficient (Wildman–Crippen LogP) is 5.00. The van der Waals surface area contributed by atoms with Gasteiger partial charge in [0.05, 0.1) is 0 Å². The van der Waals surface area contributed by atoms with E-state index in [2.05, 4.69) is 41.2 Å². The van der Waals surface area contributed by atoms with Crippen molar-refractivity contribution in [3.8, 4) is 0 Å². The van der Waals surface area contributed by atoms with Crippen LogP contribution in [-0.2, 0) is 6.42 Å². The number of aromatic nitrogens is 2. The van der Waals surface area contributed by atoms with E-state index in [-0.39, 0.29) is 0 Å². The molecule has 1 heterocycles. The zero-order valence-corrected chi connectivity index (χ0v) is 13.8. The summed E-state index contributed by atoms with van der Waals surface area (Å²) in [6.07, 6.45) is 11.5. The SMILES string of the molecule is Cc1ccc(C2CCC(CCc3ncc(C)cn3)CC2)cc1. The van der Waals surface area contributed by atoms with Crippen LogP contribution in [0.5, 0.6) is 0 Å². The van der Waals surface area contributed by atoms with E-state index >= 15 is 0 Å². The number of aryl methyl sites for hydroxylation is 3. The van der Waals surface area contributed by atoms with Gasteiger partial charge < -0.3 is 0 Å². The highest BCUT2D eigenvalue weighted by Gasteiger charge is 2.22.